The molecule has 0 aliphatic carbocycles. The molecule has 0 saturated carbocycles. The van der Waals surface area contributed by atoms with Crippen LogP contribution in [0.1, 0.15) is 22.8 Å². The number of hydrogen-bond acceptors (Lipinski definition) is 2. The molecule has 1 amide bonds. The lowest BCUT2D eigenvalue weighted by Gasteiger charge is -2.22. The minimum atomic E-state index is -0.0205. The average Bonchev–Trinajstić information content (AvgIpc) is 2.44. The van der Waals surface area contributed by atoms with E-state index < -0.39 is 0 Å². The Bertz CT molecular complexity index is 623. The van der Waals surface area contributed by atoms with Crippen LogP contribution >= 0.6 is 15.9 Å². The summed E-state index contributed by atoms with van der Waals surface area (Å²) in [6, 6.07) is 13.0. The van der Waals surface area contributed by atoms with Crippen LogP contribution in [-0.4, -0.2) is 12.5 Å². The second-order valence-electron chi connectivity index (χ2n) is 4.58. The van der Waals surface area contributed by atoms with Gasteiger partial charge in [0.1, 0.15) is 0 Å². The molecule has 0 aliphatic heterocycles. The molecule has 0 bridgehead atoms. The highest BCUT2D eigenvalue weighted by atomic mass is 79.9. The molecule has 2 N–H and O–H groups in total. The maximum absolute atomic E-state index is 12.7. The number of halogens is 1. The van der Waals surface area contributed by atoms with Crippen LogP contribution in [0.5, 0.6) is 0 Å². The highest BCUT2D eigenvalue weighted by molar-refractivity contribution is 9.10. The molecule has 2 rings (SSSR count). The molecule has 104 valence electrons. The molecule has 0 fully saturated rings. The van der Waals surface area contributed by atoms with Crippen molar-refractivity contribution in [2.75, 3.05) is 17.2 Å². The lowest BCUT2D eigenvalue weighted by molar-refractivity contribution is 0.0987. The first-order valence-corrected chi connectivity index (χ1v) is 7.26. The molecule has 2 aromatic rings. The number of nitrogens with zero attached hydrogens (tertiary/aromatic N) is 1. The smallest absolute Gasteiger partial charge is 0.259 e. The minimum Gasteiger partial charge on any atom is -0.399 e. The number of carbonyl (C=O) groups is 1. The van der Waals surface area contributed by atoms with Crippen molar-refractivity contribution >= 4 is 33.2 Å². The van der Waals surface area contributed by atoms with Gasteiger partial charge >= 0.3 is 0 Å². The fourth-order valence-corrected chi connectivity index (χ4v) is 2.49. The number of nitrogens with two attached hydrogens (primary N) is 1. The maximum Gasteiger partial charge on any atom is 0.259 e. The Hall–Kier alpha value is -1.81. The van der Waals surface area contributed by atoms with Gasteiger partial charge in [0, 0.05) is 22.4 Å². The zero-order valence-corrected chi connectivity index (χ0v) is 13.1. The summed E-state index contributed by atoms with van der Waals surface area (Å²) in [7, 11) is 0. The minimum absolute atomic E-state index is 0.0205. The van der Waals surface area contributed by atoms with Crippen LogP contribution in [0.3, 0.4) is 0 Å². The zero-order chi connectivity index (χ0) is 14.7. The molecule has 3 nitrogen and oxygen atoms in total. The van der Waals surface area contributed by atoms with Crippen LogP contribution < -0.4 is 10.6 Å². The number of benzene rings is 2. The van der Waals surface area contributed by atoms with Gasteiger partial charge in [0.05, 0.1) is 5.56 Å². The van der Waals surface area contributed by atoms with Gasteiger partial charge in [0.25, 0.3) is 5.91 Å². The van der Waals surface area contributed by atoms with Crippen molar-refractivity contribution in [1.29, 1.82) is 0 Å². The van der Waals surface area contributed by atoms with E-state index in [0.29, 0.717) is 17.8 Å². The molecule has 4 heteroatoms. The predicted molar refractivity (Wildman–Crippen MR) is 87.1 cm³/mol. The van der Waals surface area contributed by atoms with Gasteiger partial charge in [-0.25, -0.2) is 0 Å². The lowest BCUT2D eigenvalue weighted by atomic mass is 10.1. The maximum atomic E-state index is 12.7. The first-order valence-electron chi connectivity index (χ1n) is 6.47. The van der Waals surface area contributed by atoms with E-state index >= 15 is 0 Å². The molecule has 0 unspecified atom stereocenters. The number of carbonyl (C=O) groups excluding carboxylic acids is 1. The summed E-state index contributed by atoms with van der Waals surface area (Å²) in [6.07, 6.45) is 0. The molecular weight excluding hydrogens is 316 g/mol. The van der Waals surface area contributed by atoms with Crippen molar-refractivity contribution < 1.29 is 4.79 Å². The number of rotatable bonds is 3. The van der Waals surface area contributed by atoms with E-state index in [9.17, 15) is 4.79 Å². The summed E-state index contributed by atoms with van der Waals surface area (Å²) in [5.41, 5.74) is 8.94. The average molecular weight is 333 g/mol. The van der Waals surface area contributed by atoms with Crippen molar-refractivity contribution in [3.05, 3.63) is 58.1 Å². The Kier molecular flexibility index (Phi) is 4.45. The molecule has 2 aromatic carbocycles. The van der Waals surface area contributed by atoms with Gasteiger partial charge in [-0.3, -0.25) is 4.79 Å². The molecule has 20 heavy (non-hydrogen) atoms. The van der Waals surface area contributed by atoms with E-state index in [-0.39, 0.29) is 5.91 Å². The third kappa shape index (κ3) is 2.85. The third-order valence-electron chi connectivity index (χ3n) is 3.19. The number of aryl methyl sites for hydroxylation is 1. The summed E-state index contributed by atoms with van der Waals surface area (Å²) < 4.78 is 0.846. The Morgan fingerprint density at radius 3 is 2.45 bits per heavy atom. The van der Waals surface area contributed by atoms with Gasteiger partial charge in [-0.15, -0.1) is 0 Å². The molecule has 0 spiro atoms. The summed E-state index contributed by atoms with van der Waals surface area (Å²) in [5, 5.41) is 0. The van der Waals surface area contributed by atoms with E-state index in [1.165, 1.54) is 0 Å². The molecule has 0 radical (unpaired) electrons. The molecule has 0 atom stereocenters. The highest BCUT2D eigenvalue weighted by Crippen LogP contribution is 2.25. The number of nitrogen functional groups attached to an aromatic ring is 1. The molecular formula is C16H17BrN2O. The van der Waals surface area contributed by atoms with Gasteiger partial charge < -0.3 is 10.6 Å². The van der Waals surface area contributed by atoms with E-state index in [1.807, 2.05) is 44.2 Å². The Labute approximate surface area is 127 Å². The van der Waals surface area contributed by atoms with Crippen molar-refractivity contribution in [2.45, 2.75) is 13.8 Å². The van der Waals surface area contributed by atoms with Crippen LogP contribution in [0.25, 0.3) is 0 Å². The van der Waals surface area contributed by atoms with Crippen molar-refractivity contribution in [3.63, 3.8) is 0 Å². The fourth-order valence-electron chi connectivity index (χ4n) is 2.06. The predicted octanol–water partition coefficient (Wildman–Crippen LogP) is 4.01. The van der Waals surface area contributed by atoms with E-state index in [2.05, 4.69) is 15.9 Å². The topological polar surface area (TPSA) is 46.3 Å². The molecule has 0 aliphatic rings. The molecule has 0 aromatic heterocycles. The van der Waals surface area contributed by atoms with Gasteiger partial charge in [-0.2, -0.15) is 0 Å². The van der Waals surface area contributed by atoms with Crippen molar-refractivity contribution in [3.8, 4) is 0 Å². The monoisotopic (exact) mass is 332 g/mol. The Morgan fingerprint density at radius 2 is 1.85 bits per heavy atom. The first-order chi connectivity index (χ1) is 9.54. The Balaban J connectivity index is 2.39. The lowest BCUT2D eigenvalue weighted by Crippen LogP contribution is -2.31. The zero-order valence-electron chi connectivity index (χ0n) is 11.6. The standard InChI is InChI=1S/C16H17BrN2O/c1-3-19(13-9-7-12(18)8-10-13)16(20)14-6-4-5-11(2)15(14)17/h4-10H,3,18H2,1-2H3. The van der Waals surface area contributed by atoms with Crippen LogP contribution in [0.2, 0.25) is 0 Å². The summed E-state index contributed by atoms with van der Waals surface area (Å²) in [5.74, 6) is -0.0205. The Morgan fingerprint density at radius 1 is 1.20 bits per heavy atom. The third-order valence-corrected chi connectivity index (χ3v) is 4.24. The van der Waals surface area contributed by atoms with Gasteiger partial charge in [-0.05, 0) is 65.7 Å². The SMILES string of the molecule is CCN(C(=O)c1cccc(C)c1Br)c1ccc(N)cc1. The van der Waals surface area contributed by atoms with Gasteiger partial charge in [0.15, 0.2) is 0 Å². The largest absolute Gasteiger partial charge is 0.399 e. The highest BCUT2D eigenvalue weighted by Gasteiger charge is 2.19. The van der Waals surface area contributed by atoms with E-state index in [0.717, 1.165) is 15.7 Å². The molecule has 0 saturated heterocycles. The second kappa shape index (κ2) is 6.09. The number of amides is 1. The van der Waals surface area contributed by atoms with Crippen LogP contribution in [0.15, 0.2) is 46.9 Å². The van der Waals surface area contributed by atoms with Gasteiger partial charge in [0.2, 0.25) is 0 Å². The van der Waals surface area contributed by atoms with Crippen LogP contribution in [-0.2, 0) is 0 Å². The molecule has 0 heterocycles. The van der Waals surface area contributed by atoms with Crippen LogP contribution in [0, 0.1) is 6.92 Å². The van der Waals surface area contributed by atoms with Crippen molar-refractivity contribution in [1.82, 2.24) is 0 Å². The number of hydrogen-bond donors (Lipinski definition) is 1. The van der Waals surface area contributed by atoms with Crippen molar-refractivity contribution in [2.24, 2.45) is 0 Å². The van der Waals surface area contributed by atoms with E-state index in [1.54, 1.807) is 17.0 Å². The summed E-state index contributed by atoms with van der Waals surface area (Å²) >= 11 is 3.49. The number of anilines is 2. The van der Waals surface area contributed by atoms with E-state index in [4.69, 9.17) is 5.73 Å². The summed E-state index contributed by atoms with van der Waals surface area (Å²) in [4.78, 5) is 14.4. The fraction of sp³-hybridized carbons (Fsp3) is 0.188. The normalized spacial score (nSPS) is 10.3. The van der Waals surface area contributed by atoms with Crippen LogP contribution in [0.4, 0.5) is 11.4 Å². The second-order valence-corrected chi connectivity index (χ2v) is 5.37. The summed E-state index contributed by atoms with van der Waals surface area (Å²) in [6.45, 7) is 4.53. The quantitative estimate of drug-likeness (QED) is 0.863. The first kappa shape index (κ1) is 14.6. The van der Waals surface area contributed by atoms with Gasteiger partial charge in [-0.1, -0.05) is 12.1 Å².